The molecular formula is C18H16BrN3O3. The number of aryl methyl sites for hydroxylation is 1. The van der Waals surface area contributed by atoms with Gasteiger partial charge >= 0.3 is 5.91 Å². The van der Waals surface area contributed by atoms with Crippen molar-refractivity contribution in [2.45, 2.75) is 13.5 Å². The third-order valence-corrected chi connectivity index (χ3v) is 4.20. The molecule has 0 atom stereocenters. The lowest BCUT2D eigenvalue weighted by atomic mass is 10.2. The number of benzene rings is 2. The van der Waals surface area contributed by atoms with E-state index in [4.69, 9.17) is 4.74 Å². The monoisotopic (exact) mass is 401 g/mol. The highest BCUT2D eigenvalue weighted by Gasteiger charge is 2.15. The summed E-state index contributed by atoms with van der Waals surface area (Å²) in [5, 5.41) is 18.7. The second kappa shape index (κ2) is 7.48. The Morgan fingerprint density at radius 2 is 1.92 bits per heavy atom. The minimum atomic E-state index is -0.532. The van der Waals surface area contributed by atoms with Gasteiger partial charge in [-0.2, -0.15) is 0 Å². The number of rotatable bonds is 5. The van der Waals surface area contributed by atoms with Gasteiger partial charge in [0.1, 0.15) is 5.75 Å². The van der Waals surface area contributed by atoms with Gasteiger partial charge in [-0.1, -0.05) is 34.1 Å². The van der Waals surface area contributed by atoms with E-state index in [1.54, 1.807) is 16.7 Å². The number of halogens is 1. The standard InChI is InChI=1S/C18H16BrN3O3/c1-2-22-15-6-4-3-5-14(15)17(18(22)24)21-20-16(23)11-25-13-9-7-12(19)8-10-13/h3-10,24H,2,11H2,1H3. The molecule has 1 heterocycles. The van der Waals surface area contributed by atoms with Crippen molar-refractivity contribution in [1.82, 2.24) is 4.57 Å². The lowest BCUT2D eigenvalue weighted by Gasteiger charge is -2.02. The zero-order valence-electron chi connectivity index (χ0n) is 13.5. The minimum absolute atomic E-state index is 0.00548. The number of carbonyl (C=O) groups is 1. The Morgan fingerprint density at radius 3 is 2.64 bits per heavy atom. The first kappa shape index (κ1) is 17.2. The van der Waals surface area contributed by atoms with E-state index >= 15 is 0 Å². The molecular weight excluding hydrogens is 386 g/mol. The summed E-state index contributed by atoms with van der Waals surface area (Å²) in [6, 6.07) is 14.6. The largest absolute Gasteiger partial charge is 0.493 e. The molecule has 0 aliphatic rings. The molecule has 0 saturated heterocycles. The predicted octanol–water partition coefficient (Wildman–Crippen LogP) is 4.82. The summed E-state index contributed by atoms with van der Waals surface area (Å²) in [5.41, 5.74) is 1.13. The molecule has 1 N–H and O–H groups in total. The summed E-state index contributed by atoms with van der Waals surface area (Å²) in [6.07, 6.45) is 0. The summed E-state index contributed by atoms with van der Waals surface area (Å²) in [4.78, 5) is 11.9. The summed E-state index contributed by atoms with van der Waals surface area (Å²) in [5.74, 6) is 0.0295. The normalized spacial score (nSPS) is 11.3. The van der Waals surface area contributed by atoms with Crippen molar-refractivity contribution >= 4 is 38.4 Å². The maximum absolute atomic E-state index is 11.9. The van der Waals surface area contributed by atoms with Crippen LogP contribution in [0.2, 0.25) is 0 Å². The van der Waals surface area contributed by atoms with E-state index in [2.05, 4.69) is 26.2 Å². The molecule has 25 heavy (non-hydrogen) atoms. The quantitative estimate of drug-likeness (QED) is 0.622. The summed E-state index contributed by atoms with van der Waals surface area (Å²) in [7, 11) is 0. The number of hydrogen-bond acceptors (Lipinski definition) is 4. The molecule has 0 aliphatic carbocycles. The molecule has 2 aromatic carbocycles. The number of para-hydroxylation sites is 1. The van der Waals surface area contributed by atoms with Crippen LogP contribution in [-0.2, 0) is 11.3 Å². The van der Waals surface area contributed by atoms with E-state index in [9.17, 15) is 9.90 Å². The molecule has 0 aliphatic heterocycles. The van der Waals surface area contributed by atoms with Crippen LogP contribution in [0.4, 0.5) is 5.69 Å². The average molecular weight is 402 g/mol. The number of azo groups is 1. The number of nitrogens with zero attached hydrogens (tertiary/aromatic N) is 3. The fourth-order valence-corrected chi connectivity index (χ4v) is 2.77. The van der Waals surface area contributed by atoms with Crippen molar-refractivity contribution in [2.24, 2.45) is 10.2 Å². The van der Waals surface area contributed by atoms with Gasteiger partial charge in [0.2, 0.25) is 5.88 Å². The fraction of sp³-hybridized carbons (Fsp3) is 0.167. The molecule has 0 spiro atoms. The van der Waals surface area contributed by atoms with Gasteiger partial charge < -0.3 is 14.4 Å². The molecule has 128 valence electrons. The zero-order chi connectivity index (χ0) is 17.8. The topological polar surface area (TPSA) is 76.2 Å². The van der Waals surface area contributed by atoms with E-state index in [0.717, 1.165) is 15.4 Å². The zero-order valence-corrected chi connectivity index (χ0v) is 15.1. The van der Waals surface area contributed by atoms with Crippen molar-refractivity contribution in [3.8, 4) is 11.6 Å². The first-order valence-corrected chi connectivity index (χ1v) is 8.52. The van der Waals surface area contributed by atoms with Crippen molar-refractivity contribution in [3.05, 3.63) is 53.0 Å². The molecule has 3 rings (SSSR count). The molecule has 0 fully saturated rings. The Hall–Kier alpha value is -2.67. The molecule has 3 aromatic rings. The number of ether oxygens (including phenoxy) is 1. The number of fused-ring (bicyclic) bond motifs is 1. The smallest absolute Gasteiger partial charge is 0.302 e. The highest BCUT2D eigenvalue weighted by Crippen LogP contribution is 2.38. The van der Waals surface area contributed by atoms with Crippen LogP contribution in [-0.4, -0.2) is 22.2 Å². The van der Waals surface area contributed by atoms with E-state index < -0.39 is 5.91 Å². The third-order valence-electron chi connectivity index (χ3n) is 3.67. The molecule has 0 unspecified atom stereocenters. The van der Waals surface area contributed by atoms with Crippen LogP contribution in [0.5, 0.6) is 11.6 Å². The van der Waals surface area contributed by atoms with E-state index in [1.807, 2.05) is 43.3 Å². The van der Waals surface area contributed by atoms with Crippen molar-refractivity contribution in [3.63, 3.8) is 0 Å². The minimum Gasteiger partial charge on any atom is -0.493 e. The van der Waals surface area contributed by atoms with Gasteiger partial charge in [0.15, 0.2) is 12.3 Å². The summed E-state index contributed by atoms with van der Waals surface area (Å²) < 4.78 is 8.00. The molecule has 7 heteroatoms. The second-order valence-corrected chi connectivity index (χ2v) is 6.19. The van der Waals surface area contributed by atoms with Crippen LogP contribution in [0.3, 0.4) is 0 Å². The number of aromatic nitrogens is 1. The lowest BCUT2D eigenvalue weighted by molar-refractivity contribution is -0.120. The Bertz CT molecular complexity index is 933. The number of hydrogen-bond donors (Lipinski definition) is 1. The van der Waals surface area contributed by atoms with Crippen LogP contribution in [0, 0.1) is 0 Å². The van der Waals surface area contributed by atoms with Gasteiger partial charge in [-0.3, -0.25) is 4.79 Å². The average Bonchev–Trinajstić information content (AvgIpc) is 2.90. The summed E-state index contributed by atoms with van der Waals surface area (Å²) in [6.45, 7) is 2.28. The predicted molar refractivity (Wildman–Crippen MR) is 98.4 cm³/mol. The van der Waals surface area contributed by atoms with Gasteiger partial charge in [0.05, 0.1) is 5.52 Å². The van der Waals surface area contributed by atoms with Gasteiger partial charge in [0, 0.05) is 16.4 Å². The highest BCUT2D eigenvalue weighted by molar-refractivity contribution is 9.10. The molecule has 6 nitrogen and oxygen atoms in total. The van der Waals surface area contributed by atoms with Crippen LogP contribution in [0.15, 0.2) is 63.2 Å². The Labute approximate surface area is 152 Å². The maximum atomic E-state index is 11.9. The Kier molecular flexibility index (Phi) is 5.14. The van der Waals surface area contributed by atoms with E-state index in [1.165, 1.54) is 0 Å². The van der Waals surface area contributed by atoms with Crippen molar-refractivity contribution in [1.29, 1.82) is 0 Å². The van der Waals surface area contributed by atoms with Crippen LogP contribution in [0.25, 0.3) is 10.9 Å². The van der Waals surface area contributed by atoms with Crippen molar-refractivity contribution in [2.75, 3.05) is 6.61 Å². The number of amides is 1. The van der Waals surface area contributed by atoms with Gasteiger partial charge in [0.25, 0.3) is 0 Å². The van der Waals surface area contributed by atoms with Gasteiger partial charge in [-0.05, 0) is 37.3 Å². The van der Waals surface area contributed by atoms with Crippen LogP contribution in [0.1, 0.15) is 6.92 Å². The van der Waals surface area contributed by atoms with E-state index in [-0.39, 0.29) is 18.2 Å². The van der Waals surface area contributed by atoms with Crippen LogP contribution >= 0.6 is 15.9 Å². The summed E-state index contributed by atoms with van der Waals surface area (Å²) >= 11 is 3.33. The Morgan fingerprint density at radius 1 is 1.20 bits per heavy atom. The number of carbonyl (C=O) groups excluding carboxylic acids is 1. The first-order valence-electron chi connectivity index (χ1n) is 7.73. The van der Waals surface area contributed by atoms with Crippen LogP contribution < -0.4 is 4.74 Å². The fourth-order valence-electron chi connectivity index (χ4n) is 2.50. The number of aromatic hydroxyl groups is 1. The Balaban J connectivity index is 1.75. The second-order valence-electron chi connectivity index (χ2n) is 5.27. The first-order chi connectivity index (χ1) is 12.1. The van der Waals surface area contributed by atoms with Gasteiger partial charge in [-0.25, -0.2) is 0 Å². The maximum Gasteiger partial charge on any atom is 0.302 e. The third kappa shape index (κ3) is 3.71. The molecule has 0 saturated carbocycles. The van der Waals surface area contributed by atoms with E-state index in [0.29, 0.717) is 12.3 Å². The van der Waals surface area contributed by atoms with Crippen molar-refractivity contribution < 1.29 is 14.6 Å². The molecule has 0 bridgehead atoms. The molecule has 0 radical (unpaired) electrons. The SMILES string of the molecule is CCn1c(O)c(N=NC(=O)COc2ccc(Br)cc2)c2ccccc21. The highest BCUT2D eigenvalue weighted by atomic mass is 79.9. The lowest BCUT2D eigenvalue weighted by Crippen LogP contribution is -2.07. The molecule has 1 aromatic heterocycles. The van der Waals surface area contributed by atoms with Gasteiger partial charge in [-0.15, -0.1) is 10.2 Å². The molecule has 1 amide bonds.